The molecule has 23 heavy (non-hydrogen) atoms. The molecule has 1 saturated carbocycles. The Balaban J connectivity index is 2.15. The molecule has 2 atom stereocenters. The number of carbonyl (C=O) groups excluding carboxylic acids is 1. The first-order chi connectivity index (χ1) is 10.8. The Morgan fingerprint density at radius 2 is 2.17 bits per heavy atom. The van der Waals surface area contributed by atoms with E-state index in [9.17, 15) is 20.0 Å². The first-order valence-corrected chi connectivity index (χ1v) is 7.71. The number of rotatable bonds is 4. The Labute approximate surface area is 135 Å². The summed E-state index contributed by atoms with van der Waals surface area (Å²) in [5, 5.41) is 26.2. The molecule has 2 unspecified atom stereocenters. The molecular formula is C16H23N3O4. The van der Waals surface area contributed by atoms with E-state index < -0.39 is 11.0 Å². The molecular weight excluding hydrogens is 298 g/mol. The summed E-state index contributed by atoms with van der Waals surface area (Å²) < 4.78 is 0. The Kier molecular flexibility index (Phi) is 4.89. The van der Waals surface area contributed by atoms with E-state index in [-0.39, 0.29) is 23.8 Å². The highest BCUT2D eigenvalue weighted by molar-refractivity contribution is 5.92. The average molecular weight is 321 g/mol. The van der Waals surface area contributed by atoms with Crippen LogP contribution in [-0.2, 0) is 0 Å². The summed E-state index contributed by atoms with van der Waals surface area (Å²) in [5.74, 6) is 0. The molecule has 0 heterocycles. The molecule has 0 radical (unpaired) electrons. The Morgan fingerprint density at radius 3 is 2.78 bits per heavy atom. The molecule has 7 heteroatoms. The van der Waals surface area contributed by atoms with Crippen molar-refractivity contribution in [2.24, 2.45) is 5.41 Å². The molecule has 1 fully saturated rings. The Bertz CT molecular complexity index is 632. The van der Waals surface area contributed by atoms with Crippen molar-refractivity contribution < 1.29 is 14.8 Å². The van der Waals surface area contributed by atoms with Crippen LogP contribution >= 0.6 is 0 Å². The lowest BCUT2D eigenvalue weighted by atomic mass is 9.86. The highest BCUT2D eigenvalue weighted by atomic mass is 16.6. The zero-order valence-corrected chi connectivity index (χ0v) is 13.7. The number of anilines is 1. The monoisotopic (exact) mass is 321 g/mol. The van der Waals surface area contributed by atoms with Crippen LogP contribution in [0.1, 0.15) is 37.3 Å². The largest absolute Gasteiger partial charge is 0.396 e. The predicted octanol–water partition coefficient (Wildman–Crippen LogP) is 2.88. The van der Waals surface area contributed by atoms with Gasteiger partial charge in [-0.1, -0.05) is 19.4 Å². The van der Waals surface area contributed by atoms with Crippen molar-refractivity contribution in [1.82, 2.24) is 5.32 Å². The van der Waals surface area contributed by atoms with Crippen LogP contribution < -0.4 is 10.6 Å². The molecule has 2 amide bonds. The highest BCUT2D eigenvalue weighted by Crippen LogP contribution is 2.37. The number of nitrogens with zero attached hydrogens (tertiary/aromatic N) is 1. The first-order valence-electron chi connectivity index (χ1n) is 7.71. The number of nitro groups is 1. The summed E-state index contributed by atoms with van der Waals surface area (Å²) in [6, 6.07) is 2.55. The normalized spacial score (nSPS) is 23.6. The van der Waals surface area contributed by atoms with Gasteiger partial charge in [0.2, 0.25) is 0 Å². The molecule has 1 aromatic rings. The number of benzene rings is 1. The zero-order chi connectivity index (χ0) is 17.2. The summed E-state index contributed by atoms with van der Waals surface area (Å²) in [6.07, 6.45) is 2.64. The second-order valence-corrected chi connectivity index (χ2v) is 6.51. The van der Waals surface area contributed by atoms with Crippen molar-refractivity contribution in [2.45, 2.75) is 46.1 Å². The van der Waals surface area contributed by atoms with Crippen molar-refractivity contribution in [3.8, 4) is 0 Å². The second-order valence-electron chi connectivity index (χ2n) is 6.51. The number of aryl methyl sites for hydroxylation is 1. The van der Waals surface area contributed by atoms with Crippen molar-refractivity contribution in [1.29, 1.82) is 0 Å². The molecule has 0 spiro atoms. The van der Waals surface area contributed by atoms with E-state index in [1.165, 1.54) is 6.07 Å². The molecule has 7 nitrogen and oxygen atoms in total. The number of nitro benzene ring substituents is 1. The summed E-state index contributed by atoms with van der Waals surface area (Å²) in [6.45, 7) is 5.38. The standard InChI is InChI=1S/C16H23N3O4/c1-10-6-7-12(19(22)23)11(2)14(10)18-15(21)17-13-5-4-8-16(13,3)9-20/h6-7,13,20H,4-5,8-9H2,1-3H3,(H2,17,18,21). The third-order valence-electron chi connectivity index (χ3n) is 4.83. The van der Waals surface area contributed by atoms with Crippen LogP contribution in [0.15, 0.2) is 12.1 Å². The van der Waals surface area contributed by atoms with E-state index in [0.29, 0.717) is 11.3 Å². The maximum Gasteiger partial charge on any atom is 0.319 e. The summed E-state index contributed by atoms with van der Waals surface area (Å²) >= 11 is 0. The number of amides is 2. The van der Waals surface area contributed by atoms with Crippen LogP contribution in [-0.4, -0.2) is 28.7 Å². The van der Waals surface area contributed by atoms with Crippen LogP contribution in [0, 0.1) is 29.4 Å². The predicted molar refractivity (Wildman–Crippen MR) is 87.6 cm³/mol. The lowest BCUT2D eigenvalue weighted by Gasteiger charge is -2.30. The van der Waals surface area contributed by atoms with Gasteiger partial charge in [-0.2, -0.15) is 0 Å². The van der Waals surface area contributed by atoms with Gasteiger partial charge in [-0.25, -0.2) is 4.79 Å². The van der Waals surface area contributed by atoms with Gasteiger partial charge in [0.25, 0.3) is 5.69 Å². The lowest BCUT2D eigenvalue weighted by molar-refractivity contribution is -0.385. The van der Waals surface area contributed by atoms with E-state index in [0.717, 1.165) is 24.8 Å². The van der Waals surface area contributed by atoms with E-state index in [2.05, 4.69) is 10.6 Å². The van der Waals surface area contributed by atoms with Crippen LogP contribution in [0.3, 0.4) is 0 Å². The third kappa shape index (κ3) is 3.44. The van der Waals surface area contributed by atoms with Gasteiger partial charge in [-0.05, 0) is 32.3 Å². The van der Waals surface area contributed by atoms with Gasteiger partial charge in [0.05, 0.1) is 22.8 Å². The quantitative estimate of drug-likeness (QED) is 0.586. The molecule has 0 bridgehead atoms. The first kappa shape index (κ1) is 17.2. The summed E-state index contributed by atoms with van der Waals surface area (Å²) in [7, 11) is 0. The summed E-state index contributed by atoms with van der Waals surface area (Å²) in [5.41, 5.74) is 1.32. The minimum Gasteiger partial charge on any atom is -0.396 e. The molecule has 126 valence electrons. The molecule has 3 N–H and O–H groups in total. The van der Waals surface area contributed by atoms with E-state index in [4.69, 9.17) is 0 Å². The van der Waals surface area contributed by atoms with Crippen LogP contribution in [0.4, 0.5) is 16.2 Å². The molecule has 1 aliphatic carbocycles. The molecule has 1 aliphatic rings. The molecule has 0 aromatic heterocycles. The average Bonchev–Trinajstić information content (AvgIpc) is 2.85. The topological polar surface area (TPSA) is 105 Å². The van der Waals surface area contributed by atoms with Gasteiger partial charge in [0, 0.05) is 17.5 Å². The van der Waals surface area contributed by atoms with E-state index in [1.54, 1.807) is 19.9 Å². The van der Waals surface area contributed by atoms with Gasteiger partial charge in [-0.3, -0.25) is 10.1 Å². The van der Waals surface area contributed by atoms with Gasteiger partial charge >= 0.3 is 6.03 Å². The zero-order valence-electron chi connectivity index (χ0n) is 13.7. The van der Waals surface area contributed by atoms with Crippen molar-refractivity contribution in [3.05, 3.63) is 33.4 Å². The van der Waals surface area contributed by atoms with Crippen molar-refractivity contribution in [3.63, 3.8) is 0 Å². The van der Waals surface area contributed by atoms with E-state index >= 15 is 0 Å². The SMILES string of the molecule is Cc1ccc([N+](=O)[O-])c(C)c1NC(=O)NC1CCCC1(C)CO. The van der Waals surface area contributed by atoms with Gasteiger partial charge < -0.3 is 15.7 Å². The number of aliphatic hydroxyl groups excluding tert-OH is 1. The minimum absolute atomic E-state index is 0.0206. The van der Waals surface area contributed by atoms with Crippen molar-refractivity contribution >= 4 is 17.4 Å². The second kappa shape index (κ2) is 6.54. The van der Waals surface area contributed by atoms with Gasteiger partial charge in [0.15, 0.2) is 0 Å². The Hall–Kier alpha value is -2.15. The smallest absolute Gasteiger partial charge is 0.319 e. The molecule has 1 aromatic carbocycles. The van der Waals surface area contributed by atoms with E-state index in [1.807, 2.05) is 6.92 Å². The van der Waals surface area contributed by atoms with Crippen LogP contribution in [0.2, 0.25) is 0 Å². The molecule has 2 rings (SSSR count). The Morgan fingerprint density at radius 1 is 1.48 bits per heavy atom. The van der Waals surface area contributed by atoms with Crippen LogP contribution in [0.25, 0.3) is 0 Å². The number of carbonyl (C=O) groups is 1. The number of urea groups is 1. The summed E-state index contributed by atoms with van der Waals surface area (Å²) in [4.78, 5) is 22.8. The van der Waals surface area contributed by atoms with Crippen molar-refractivity contribution in [2.75, 3.05) is 11.9 Å². The van der Waals surface area contributed by atoms with Gasteiger partial charge in [-0.15, -0.1) is 0 Å². The lowest BCUT2D eigenvalue weighted by Crippen LogP contribution is -2.46. The fourth-order valence-electron chi connectivity index (χ4n) is 3.20. The fourth-order valence-corrected chi connectivity index (χ4v) is 3.20. The number of aliphatic hydroxyl groups is 1. The number of hydrogen-bond donors (Lipinski definition) is 3. The minimum atomic E-state index is -0.461. The van der Waals surface area contributed by atoms with Crippen LogP contribution in [0.5, 0.6) is 0 Å². The number of nitrogens with one attached hydrogen (secondary N) is 2. The van der Waals surface area contributed by atoms with Gasteiger partial charge in [0.1, 0.15) is 0 Å². The maximum absolute atomic E-state index is 12.3. The maximum atomic E-state index is 12.3. The molecule has 0 saturated heterocycles. The third-order valence-corrected chi connectivity index (χ3v) is 4.83. The molecule has 0 aliphatic heterocycles. The highest BCUT2D eigenvalue weighted by Gasteiger charge is 2.39. The fraction of sp³-hybridized carbons (Fsp3) is 0.562. The number of hydrogen-bond acceptors (Lipinski definition) is 4.